The van der Waals surface area contributed by atoms with E-state index in [2.05, 4.69) is 35.6 Å². The second-order valence-electron chi connectivity index (χ2n) is 11.2. The van der Waals surface area contributed by atoms with Crippen LogP contribution in [0.1, 0.15) is 37.8 Å². The molecule has 2 aliphatic rings. The Morgan fingerprint density at radius 1 is 1.08 bits per heavy atom. The number of nitrogens with zero attached hydrogens (tertiary/aromatic N) is 4. The highest BCUT2D eigenvalue weighted by molar-refractivity contribution is 7.18. The Kier molecular flexibility index (Phi) is 7.55. The lowest BCUT2D eigenvalue weighted by Gasteiger charge is -2.37. The molecular weight excluding hydrogens is 500 g/mol. The summed E-state index contributed by atoms with van der Waals surface area (Å²) in [5.41, 5.74) is 2.72. The van der Waals surface area contributed by atoms with E-state index >= 15 is 0 Å². The van der Waals surface area contributed by atoms with Crippen molar-refractivity contribution in [2.75, 3.05) is 44.2 Å². The van der Waals surface area contributed by atoms with E-state index in [1.54, 1.807) is 11.3 Å². The van der Waals surface area contributed by atoms with Gasteiger partial charge in [-0.25, -0.2) is 9.88 Å². The highest BCUT2D eigenvalue weighted by Crippen LogP contribution is 2.30. The predicted octanol–water partition coefficient (Wildman–Crippen LogP) is 3.59. The average molecular weight is 537 g/mol. The third-order valence-corrected chi connectivity index (χ3v) is 8.29. The number of piperazine rings is 1. The molecule has 2 fully saturated rings. The van der Waals surface area contributed by atoms with Crippen molar-refractivity contribution in [3.63, 3.8) is 0 Å². The number of carbonyl (C=O) groups excluding carboxylic acids is 2. The smallest absolute Gasteiger partial charge is 0.251 e. The Bertz CT molecular complexity index is 1310. The van der Waals surface area contributed by atoms with Crippen LogP contribution < -0.4 is 9.64 Å². The number of thiazole rings is 1. The van der Waals surface area contributed by atoms with E-state index in [0.717, 1.165) is 33.9 Å². The molecule has 2 atom stereocenters. The van der Waals surface area contributed by atoms with E-state index in [-0.39, 0.29) is 30.3 Å². The van der Waals surface area contributed by atoms with Gasteiger partial charge < -0.3 is 9.84 Å². The lowest BCUT2D eigenvalue weighted by atomic mass is 9.87. The van der Waals surface area contributed by atoms with Crippen molar-refractivity contribution >= 4 is 39.1 Å². The van der Waals surface area contributed by atoms with Gasteiger partial charge in [-0.15, -0.1) is 11.3 Å². The number of hydrogen-bond donors (Lipinski definition) is 1. The molecule has 0 spiro atoms. The fraction of sp³-hybridized carbons (Fsp3) is 0.483. The maximum absolute atomic E-state index is 13.2. The average Bonchev–Trinajstić information content (AvgIpc) is 3.40. The van der Waals surface area contributed by atoms with Gasteiger partial charge in [-0.1, -0.05) is 32.9 Å². The quantitative estimate of drug-likeness (QED) is 0.462. The van der Waals surface area contributed by atoms with Crippen molar-refractivity contribution in [1.82, 2.24) is 14.8 Å². The number of aliphatic hydroxyl groups excluding tert-OH is 1. The van der Waals surface area contributed by atoms with E-state index < -0.39 is 12.1 Å². The predicted molar refractivity (Wildman–Crippen MR) is 150 cm³/mol. The van der Waals surface area contributed by atoms with Crippen LogP contribution in [0.4, 0.5) is 5.69 Å². The van der Waals surface area contributed by atoms with Crippen LogP contribution in [0.25, 0.3) is 10.2 Å². The van der Waals surface area contributed by atoms with Crippen molar-refractivity contribution in [1.29, 1.82) is 0 Å². The summed E-state index contributed by atoms with van der Waals surface area (Å²) in [6.45, 7) is 11.9. The molecule has 0 saturated carbocycles. The van der Waals surface area contributed by atoms with E-state index in [1.807, 2.05) is 49.4 Å². The Balaban J connectivity index is 1.10. The van der Waals surface area contributed by atoms with Crippen molar-refractivity contribution in [2.45, 2.75) is 51.7 Å². The molecule has 1 N–H and O–H groups in total. The van der Waals surface area contributed by atoms with Crippen LogP contribution in [0, 0.1) is 6.92 Å². The number of carbonyl (C=O) groups is 2. The molecular formula is C29H36N4O4S. The molecule has 2 amide bonds. The molecule has 0 bridgehead atoms. The van der Waals surface area contributed by atoms with E-state index in [4.69, 9.17) is 4.74 Å². The summed E-state index contributed by atoms with van der Waals surface area (Å²) in [5.74, 6) is 0.408. The van der Waals surface area contributed by atoms with Crippen LogP contribution in [0.5, 0.6) is 5.75 Å². The zero-order valence-electron chi connectivity index (χ0n) is 22.5. The van der Waals surface area contributed by atoms with Gasteiger partial charge in [0.25, 0.3) is 5.91 Å². The number of imide groups is 1. The van der Waals surface area contributed by atoms with E-state index in [1.165, 1.54) is 4.90 Å². The van der Waals surface area contributed by atoms with Gasteiger partial charge in [-0.2, -0.15) is 0 Å². The molecule has 5 rings (SSSR count). The molecule has 1 aromatic heterocycles. The minimum absolute atomic E-state index is 0.00846. The summed E-state index contributed by atoms with van der Waals surface area (Å²) < 4.78 is 6.95. The summed E-state index contributed by atoms with van der Waals surface area (Å²) in [7, 11) is 0. The molecule has 0 aliphatic carbocycles. The maximum atomic E-state index is 13.2. The minimum Gasteiger partial charge on any atom is -0.491 e. The van der Waals surface area contributed by atoms with Gasteiger partial charge in [0.15, 0.2) is 0 Å². The maximum Gasteiger partial charge on any atom is 0.251 e. The van der Waals surface area contributed by atoms with Crippen LogP contribution in [0.3, 0.4) is 0 Å². The van der Waals surface area contributed by atoms with E-state index in [0.29, 0.717) is 31.1 Å². The van der Waals surface area contributed by atoms with Crippen LogP contribution >= 0.6 is 11.3 Å². The number of hydrogen-bond acceptors (Lipinski definition) is 8. The highest BCUT2D eigenvalue weighted by atomic mass is 32.1. The molecule has 2 saturated heterocycles. The molecule has 8 nitrogen and oxygen atoms in total. The van der Waals surface area contributed by atoms with Gasteiger partial charge in [0, 0.05) is 38.8 Å². The van der Waals surface area contributed by atoms with Crippen LogP contribution in [0.2, 0.25) is 0 Å². The van der Waals surface area contributed by atoms with Crippen molar-refractivity contribution in [3.05, 3.63) is 53.0 Å². The molecule has 3 heterocycles. The number of aliphatic hydroxyl groups is 1. The number of aryl methyl sites for hydroxylation is 1. The monoisotopic (exact) mass is 536 g/mol. The fourth-order valence-electron chi connectivity index (χ4n) is 5.20. The Hall–Kier alpha value is -2.85. The molecule has 2 aliphatic heterocycles. The number of fused-ring (bicyclic) bond motifs is 1. The molecule has 2 aromatic carbocycles. The number of benzene rings is 2. The first-order chi connectivity index (χ1) is 18.1. The number of anilines is 1. The van der Waals surface area contributed by atoms with E-state index in [9.17, 15) is 14.7 Å². The largest absolute Gasteiger partial charge is 0.491 e. The SMILES string of the molecule is Cc1nc2cc(OC[C@H](O)CN3CCN(C4CC(=O)N(c5ccc(C(C)(C)C)cc5)C4=O)CC3)ccc2s1. The molecule has 9 heteroatoms. The van der Waals surface area contributed by atoms with Gasteiger partial charge in [-0.05, 0) is 42.2 Å². The van der Waals surface area contributed by atoms with Gasteiger partial charge in [0.2, 0.25) is 5.91 Å². The number of aromatic nitrogens is 1. The first-order valence-corrected chi connectivity index (χ1v) is 14.0. The van der Waals surface area contributed by atoms with Crippen molar-refractivity contribution in [3.8, 4) is 5.75 Å². The fourth-order valence-corrected chi connectivity index (χ4v) is 6.00. The number of amides is 2. The zero-order chi connectivity index (χ0) is 27.0. The van der Waals surface area contributed by atoms with Gasteiger partial charge in [-0.3, -0.25) is 19.4 Å². The molecule has 1 unspecified atom stereocenters. The van der Waals surface area contributed by atoms with Crippen LogP contribution in [-0.2, 0) is 15.0 Å². The highest BCUT2D eigenvalue weighted by Gasteiger charge is 2.43. The molecule has 202 valence electrons. The summed E-state index contributed by atoms with van der Waals surface area (Å²) in [6.07, 6.45) is -0.421. The summed E-state index contributed by atoms with van der Waals surface area (Å²) in [5, 5.41) is 11.6. The first-order valence-electron chi connectivity index (χ1n) is 13.2. The summed E-state index contributed by atoms with van der Waals surface area (Å²) in [6, 6.07) is 13.1. The Labute approximate surface area is 227 Å². The molecule has 38 heavy (non-hydrogen) atoms. The standard InChI is InChI=1S/C29H36N4O4S/c1-19-30-24-15-23(9-10-26(24)38-19)37-18-22(34)17-31-11-13-32(14-12-31)25-16-27(35)33(28(25)36)21-7-5-20(6-8-21)29(2,3)4/h5-10,15,22,25,34H,11-14,16-18H2,1-4H3/t22-,25?/m1/s1. The van der Waals surface area contributed by atoms with Crippen LogP contribution in [-0.4, -0.2) is 83.2 Å². The third kappa shape index (κ3) is 5.76. The van der Waals surface area contributed by atoms with Crippen LogP contribution in [0.15, 0.2) is 42.5 Å². The third-order valence-electron chi connectivity index (χ3n) is 7.34. The lowest BCUT2D eigenvalue weighted by Crippen LogP contribution is -2.54. The van der Waals surface area contributed by atoms with Gasteiger partial charge in [0.1, 0.15) is 18.5 Å². The van der Waals surface area contributed by atoms with Gasteiger partial charge >= 0.3 is 0 Å². The lowest BCUT2D eigenvalue weighted by molar-refractivity contribution is -0.123. The number of rotatable bonds is 7. The van der Waals surface area contributed by atoms with Crippen molar-refractivity contribution in [2.24, 2.45) is 0 Å². The molecule has 3 aromatic rings. The van der Waals surface area contributed by atoms with Crippen molar-refractivity contribution < 1.29 is 19.4 Å². The summed E-state index contributed by atoms with van der Waals surface area (Å²) in [4.78, 5) is 36.2. The van der Waals surface area contributed by atoms with Gasteiger partial charge in [0.05, 0.1) is 33.4 Å². The first kappa shape index (κ1) is 26.7. The normalized spacial score (nSPS) is 20.4. The number of ether oxygens (including phenoxy) is 1. The Morgan fingerprint density at radius 3 is 2.47 bits per heavy atom. The zero-order valence-corrected chi connectivity index (χ0v) is 23.3. The summed E-state index contributed by atoms with van der Waals surface area (Å²) >= 11 is 1.65. The molecule has 0 radical (unpaired) electrons. The second-order valence-corrected chi connectivity index (χ2v) is 12.5. The second kappa shape index (κ2) is 10.7. The minimum atomic E-state index is -0.629. The Morgan fingerprint density at radius 2 is 1.79 bits per heavy atom. The topological polar surface area (TPSA) is 86.2 Å². The number of β-amino-alcohol motifs (C(OH)–C–C–N with tert-alkyl or cyclic N) is 1.